The van der Waals surface area contributed by atoms with Crippen LogP contribution in [0.1, 0.15) is 24.5 Å². The van der Waals surface area contributed by atoms with Gasteiger partial charge in [0.2, 0.25) is 23.6 Å². The summed E-state index contributed by atoms with van der Waals surface area (Å²) < 4.78 is 0. The first-order valence-corrected chi connectivity index (χ1v) is 11.5. The summed E-state index contributed by atoms with van der Waals surface area (Å²) in [6.45, 7) is 1.39. The maximum atomic E-state index is 13.2. The Bertz CT molecular complexity index is 1110. The predicted octanol–water partition coefficient (Wildman–Crippen LogP) is -1.06. The second-order valence-electron chi connectivity index (χ2n) is 8.54. The summed E-state index contributed by atoms with van der Waals surface area (Å²) >= 11 is 0. The fourth-order valence-electron chi connectivity index (χ4n) is 3.39. The van der Waals surface area contributed by atoms with E-state index in [1.165, 1.54) is 31.2 Å². The van der Waals surface area contributed by atoms with Crippen LogP contribution in [0.3, 0.4) is 0 Å². The largest absolute Gasteiger partial charge is 0.508 e. The molecule has 198 valence electrons. The molecule has 12 nitrogen and oxygen atoms in total. The van der Waals surface area contributed by atoms with Crippen molar-refractivity contribution in [3.63, 3.8) is 0 Å². The summed E-state index contributed by atoms with van der Waals surface area (Å²) in [7, 11) is 0. The van der Waals surface area contributed by atoms with Gasteiger partial charge in [0.15, 0.2) is 0 Å². The zero-order chi connectivity index (χ0) is 27.5. The van der Waals surface area contributed by atoms with E-state index in [0.717, 1.165) is 0 Å². The highest BCUT2D eigenvalue weighted by molar-refractivity contribution is 5.96. The number of phenols is 1. The van der Waals surface area contributed by atoms with Gasteiger partial charge in [-0.15, -0.1) is 0 Å². The van der Waals surface area contributed by atoms with Crippen molar-refractivity contribution in [3.05, 3.63) is 65.7 Å². The van der Waals surface area contributed by atoms with E-state index in [1.54, 1.807) is 30.3 Å². The van der Waals surface area contributed by atoms with E-state index < -0.39 is 60.2 Å². The second-order valence-corrected chi connectivity index (χ2v) is 8.54. The maximum Gasteiger partial charge on any atom is 0.326 e. The Balaban J connectivity index is 2.25. The van der Waals surface area contributed by atoms with Gasteiger partial charge in [-0.1, -0.05) is 42.5 Å². The van der Waals surface area contributed by atoms with Crippen LogP contribution < -0.4 is 27.4 Å². The SMILES string of the molecule is CC(N)C(=O)NC(CC(N)=O)C(=O)NC(Cc1ccccc1)C(=O)NC(Cc1ccc(O)cc1)C(=O)O. The number of nitrogens with one attached hydrogen (secondary N) is 3. The molecule has 0 aromatic heterocycles. The van der Waals surface area contributed by atoms with E-state index in [4.69, 9.17) is 11.5 Å². The molecule has 0 aliphatic heterocycles. The molecule has 0 spiro atoms. The number of carbonyl (C=O) groups is 5. The third-order valence-electron chi connectivity index (χ3n) is 5.36. The van der Waals surface area contributed by atoms with Crippen molar-refractivity contribution in [2.24, 2.45) is 11.5 Å². The highest BCUT2D eigenvalue weighted by atomic mass is 16.4. The van der Waals surface area contributed by atoms with Crippen molar-refractivity contribution in [2.45, 2.75) is 50.4 Å². The number of carboxylic acids is 1. The first-order chi connectivity index (χ1) is 17.5. The molecule has 9 N–H and O–H groups in total. The summed E-state index contributed by atoms with van der Waals surface area (Å²) in [5.41, 5.74) is 12.0. The molecule has 4 amide bonds. The Kier molecular flexibility index (Phi) is 10.6. The lowest BCUT2D eigenvalue weighted by Crippen LogP contribution is -2.58. The number of amides is 4. The Morgan fingerprint density at radius 1 is 0.757 bits per heavy atom. The van der Waals surface area contributed by atoms with E-state index in [9.17, 15) is 34.2 Å². The molecule has 0 aliphatic rings. The minimum absolute atomic E-state index is 0.00546. The minimum atomic E-state index is -1.39. The Hall–Kier alpha value is -4.45. The van der Waals surface area contributed by atoms with Crippen molar-refractivity contribution >= 4 is 29.6 Å². The minimum Gasteiger partial charge on any atom is -0.508 e. The number of nitrogens with two attached hydrogens (primary N) is 2. The van der Waals surface area contributed by atoms with Crippen molar-refractivity contribution in [2.75, 3.05) is 0 Å². The van der Waals surface area contributed by atoms with Crippen LogP contribution in [0.2, 0.25) is 0 Å². The molecule has 0 saturated carbocycles. The summed E-state index contributed by atoms with van der Waals surface area (Å²) in [5.74, 6) is -4.53. The van der Waals surface area contributed by atoms with Crippen molar-refractivity contribution in [1.29, 1.82) is 0 Å². The van der Waals surface area contributed by atoms with Gasteiger partial charge in [0.05, 0.1) is 12.5 Å². The maximum absolute atomic E-state index is 13.2. The Labute approximate surface area is 213 Å². The molecule has 4 unspecified atom stereocenters. The molecule has 0 bridgehead atoms. The second kappa shape index (κ2) is 13.6. The Morgan fingerprint density at radius 2 is 1.24 bits per heavy atom. The topological polar surface area (TPSA) is 214 Å². The van der Waals surface area contributed by atoms with Gasteiger partial charge < -0.3 is 37.6 Å². The standard InChI is InChI=1S/C25H31N5O7/c1-14(26)22(33)28-19(13-21(27)32)24(35)29-18(11-15-5-3-2-4-6-15)23(34)30-20(25(36)37)12-16-7-9-17(31)10-8-16/h2-10,14,18-20,31H,11-13,26H2,1H3,(H2,27,32)(H,28,33)(H,29,35)(H,30,34)(H,36,37). The molecule has 0 heterocycles. The number of hydrogen-bond acceptors (Lipinski definition) is 7. The molecular formula is C25H31N5O7. The van der Waals surface area contributed by atoms with E-state index in [2.05, 4.69) is 16.0 Å². The number of phenolic OH excluding ortho intramolecular Hbond substituents is 1. The predicted molar refractivity (Wildman–Crippen MR) is 133 cm³/mol. The van der Waals surface area contributed by atoms with Crippen LogP contribution in [0.5, 0.6) is 5.75 Å². The molecule has 0 saturated heterocycles. The van der Waals surface area contributed by atoms with Crippen LogP contribution >= 0.6 is 0 Å². The van der Waals surface area contributed by atoms with Crippen LogP contribution in [0.25, 0.3) is 0 Å². The first kappa shape index (κ1) is 28.8. The lowest BCUT2D eigenvalue weighted by atomic mass is 10.0. The summed E-state index contributed by atoms with van der Waals surface area (Å²) in [4.78, 5) is 61.6. The van der Waals surface area contributed by atoms with Gasteiger partial charge in [0.1, 0.15) is 23.9 Å². The van der Waals surface area contributed by atoms with Gasteiger partial charge in [-0.25, -0.2) is 4.79 Å². The zero-order valence-electron chi connectivity index (χ0n) is 20.2. The van der Waals surface area contributed by atoms with Crippen molar-refractivity contribution in [1.82, 2.24) is 16.0 Å². The van der Waals surface area contributed by atoms with Gasteiger partial charge in [-0.05, 0) is 30.2 Å². The lowest BCUT2D eigenvalue weighted by molar-refractivity contribution is -0.142. The molecule has 12 heteroatoms. The van der Waals surface area contributed by atoms with E-state index in [-0.39, 0.29) is 18.6 Å². The number of aromatic hydroxyl groups is 1. The van der Waals surface area contributed by atoms with Crippen LogP contribution in [-0.4, -0.2) is 64.0 Å². The van der Waals surface area contributed by atoms with Crippen LogP contribution in [0.15, 0.2) is 54.6 Å². The van der Waals surface area contributed by atoms with Crippen molar-refractivity contribution < 1.29 is 34.2 Å². The van der Waals surface area contributed by atoms with E-state index >= 15 is 0 Å². The molecular weight excluding hydrogens is 482 g/mol. The number of aliphatic carboxylic acids is 1. The zero-order valence-corrected chi connectivity index (χ0v) is 20.2. The molecule has 2 aromatic rings. The number of primary amides is 1. The van der Waals surface area contributed by atoms with E-state index in [0.29, 0.717) is 11.1 Å². The fraction of sp³-hybridized carbons (Fsp3) is 0.320. The number of carboxylic acid groups (broad SMARTS) is 1. The monoisotopic (exact) mass is 513 g/mol. The van der Waals surface area contributed by atoms with Crippen LogP contribution in [-0.2, 0) is 36.8 Å². The highest BCUT2D eigenvalue weighted by Gasteiger charge is 2.31. The smallest absolute Gasteiger partial charge is 0.326 e. The molecule has 2 aromatic carbocycles. The lowest BCUT2D eigenvalue weighted by Gasteiger charge is -2.24. The van der Waals surface area contributed by atoms with Crippen LogP contribution in [0, 0.1) is 0 Å². The van der Waals surface area contributed by atoms with Gasteiger partial charge in [-0.3, -0.25) is 19.2 Å². The molecule has 0 aliphatic carbocycles. The fourth-order valence-corrected chi connectivity index (χ4v) is 3.39. The number of carbonyl (C=O) groups excluding carboxylic acids is 4. The molecule has 4 atom stereocenters. The number of rotatable bonds is 13. The van der Waals surface area contributed by atoms with Crippen LogP contribution in [0.4, 0.5) is 0 Å². The Morgan fingerprint density at radius 3 is 1.78 bits per heavy atom. The quantitative estimate of drug-likeness (QED) is 0.175. The number of hydrogen-bond donors (Lipinski definition) is 7. The molecule has 2 rings (SSSR count). The summed E-state index contributed by atoms with van der Waals surface area (Å²) in [5, 5.41) is 26.4. The first-order valence-electron chi connectivity index (χ1n) is 11.5. The highest BCUT2D eigenvalue weighted by Crippen LogP contribution is 2.12. The van der Waals surface area contributed by atoms with Gasteiger partial charge in [0, 0.05) is 12.8 Å². The molecule has 0 fully saturated rings. The third kappa shape index (κ3) is 9.61. The number of benzene rings is 2. The molecule has 0 radical (unpaired) electrons. The third-order valence-corrected chi connectivity index (χ3v) is 5.36. The summed E-state index contributed by atoms with van der Waals surface area (Å²) in [6.07, 6.45) is -0.626. The van der Waals surface area contributed by atoms with Crippen molar-refractivity contribution in [3.8, 4) is 5.75 Å². The van der Waals surface area contributed by atoms with Gasteiger partial charge in [0.25, 0.3) is 0 Å². The average Bonchev–Trinajstić information content (AvgIpc) is 2.84. The molecule has 37 heavy (non-hydrogen) atoms. The average molecular weight is 514 g/mol. The summed E-state index contributed by atoms with van der Waals surface area (Å²) in [6, 6.07) is 9.54. The normalized spacial score (nSPS) is 13.9. The van der Waals surface area contributed by atoms with Gasteiger partial charge in [-0.2, -0.15) is 0 Å². The van der Waals surface area contributed by atoms with E-state index in [1.807, 2.05) is 0 Å². The van der Waals surface area contributed by atoms with Gasteiger partial charge >= 0.3 is 5.97 Å².